The van der Waals surface area contributed by atoms with Gasteiger partial charge in [0.1, 0.15) is 28.7 Å². The van der Waals surface area contributed by atoms with Gasteiger partial charge in [0.2, 0.25) is 0 Å². The smallest absolute Gasteiger partial charge is 0.342 e. The lowest BCUT2D eigenvalue weighted by Gasteiger charge is -2.06. The lowest BCUT2D eigenvalue weighted by molar-refractivity contribution is 0.0465. The Morgan fingerprint density at radius 3 is 2.68 bits per heavy atom. The molecule has 25 heavy (non-hydrogen) atoms. The number of nitrogens with zero attached hydrogens (tertiary/aromatic N) is 1. The molecule has 1 heterocycles. The number of hydrogen-bond donors (Lipinski definition) is 1. The van der Waals surface area contributed by atoms with E-state index in [0.29, 0.717) is 5.69 Å². The van der Waals surface area contributed by atoms with Crippen LogP contribution in [0.1, 0.15) is 21.6 Å². The molecule has 3 aromatic rings. The topological polar surface area (TPSA) is 68.7 Å². The molecule has 0 aliphatic rings. The highest BCUT2D eigenvalue weighted by Crippen LogP contribution is 2.26. The molecule has 0 saturated carbocycles. The molecule has 0 atom stereocenters. The van der Waals surface area contributed by atoms with Crippen LogP contribution in [0.4, 0.5) is 0 Å². The third kappa shape index (κ3) is 3.97. The highest BCUT2D eigenvalue weighted by molar-refractivity contribution is 7.13. The summed E-state index contributed by atoms with van der Waals surface area (Å²) in [6, 6.07) is 12.4. The van der Waals surface area contributed by atoms with Crippen LogP contribution in [0.5, 0.6) is 11.5 Å². The van der Waals surface area contributed by atoms with Crippen molar-refractivity contribution in [2.24, 2.45) is 0 Å². The van der Waals surface area contributed by atoms with Crippen molar-refractivity contribution in [2.75, 3.05) is 7.11 Å². The van der Waals surface area contributed by atoms with E-state index < -0.39 is 5.97 Å². The van der Waals surface area contributed by atoms with Crippen LogP contribution in [-0.4, -0.2) is 23.2 Å². The van der Waals surface area contributed by atoms with Crippen molar-refractivity contribution in [3.63, 3.8) is 0 Å². The number of aromatic hydroxyl groups is 1. The Morgan fingerprint density at radius 2 is 1.96 bits per heavy atom. The van der Waals surface area contributed by atoms with Crippen molar-refractivity contribution in [1.82, 2.24) is 4.98 Å². The van der Waals surface area contributed by atoms with Crippen molar-refractivity contribution in [2.45, 2.75) is 13.5 Å². The molecule has 0 saturated heterocycles. The fraction of sp³-hybridized carbons (Fsp3) is 0.158. The van der Waals surface area contributed by atoms with Crippen LogP contribution in [0.25, 0.3) is 10.6 Å². The first-order valence-corrected chi connectivity index (χ1v) is 8.50. The summed E-state index contributed by atoms with van der Waals surface area (Å²) in [6.07, 6.45) is 0. The Bertz CT molecular complexity index is 887. The summed E-state index contributed by atoms with van der Waals surface area (Å²) in [5.41, 5.74) is 2.67. The number of carbonyl (C=O) groups excluding carboxylic acids is 1. The van der Waals surface area contributed by atoms with E-state index in [1.807, 2.05) is 36.6 Å². The molecular weight excluding hydrogens is 338 g/mol. The molecule has 0 fully saturated rings. The number of aromatic nitrogens is 1. The molecule has 0 radical (unpaired) electrons. The predicted molar refractivity (Wildman–Crippen MR) is 96.1 cm³/mol. The molecule has 1 N–H and O–H groups in total. The highest BCUT2D eigenvalue weighted by Gasteiger charge is 2.14. The van der Waals surface area contributed by atoms with Crippen LogP contribution in [0.2, 0.25) is 0 Å². The average molecular weight is 355 g/mol. The van der Waals surface area contributed by atoms with Crippen LogP contribution < -0.4 is 4.74 Å². The first-order valence-electron chi connectivity index (χ1n) is 7.62. The molecule has 0 bridgehead atoms. The van der Waals surface area contributed by atoms with Gasteiger partial charge in [-0.15, -0.1) is 11.3 Å². The number of hydrogen-bond acceptors (Lipinski definition) is 6. The highest BCUT2D eigenvalue weighted by atomic mass is 32.1. The first-order chi connectivity index (χ1) is 12.1. The fourth-order valence-corrected chi connectivity index (χ4v) is 3.08. The van der Waals surface area contributed by atoms with Gasteiger partial charge < -0.3 is 14.6 Å². The van der Waals surface area contributed by atoms with E-state index in [0.717, 1.165) is 21.9 Å². The maximum atomic E-state index is 12.1. The maximum Gasteiger partial charge on any atom is 0.342 e. The zero-order valence-electron chi connectivity index (χ0n) is 13.9. The summed E-state index contributed by atoms with van der Waals surface area (Å²) in [7, 11) is 1.62. The molecule has 0 unspecified atom stereocenters. The number of aryl methyl sites for hydroxylation is 1. The SMILES string of the molecule is COc1ccc(-c2nc(COC(=O)c3cc(C)ccc3O)cs2)cc1. The van der Waals surface area contributed by atoms with Gasteiger partial charge in [0, 0.05) is 10.9 Å². The number of esters is 1. The standard InChI is InChI=1S/C19H17NO4S/c1-12-3-8-17(21)16(9-12)19(22)24-10-14-11-25-18(20-14)13-4-6-15(23-2)7-5-13/h3-9,11,21H,10H2,1-2H3. The van der Waals surface area contributed by atoms with Gasteiger partial charge in [-0.3, -0.25) is 0 Å². The van der Waals surface area contributed by atoms with Gasteiger partial charge in [0.15, 0.2) is 0 Å². The summed E-state index contributed by atoms with van der Waals surface area (Å²) in [5, 5.41) is 12.5. The molecule has 0 spiro atoms. The fourth-order valence-electron chi connectivity index (χ4n) is 2.27. The zero-order valence-corrected chi connectivity index (χ0v) is 14.7. The Labute approximate surface area is 149 Å². The van der Waals surface area contributed by atoms with Crippen molar-refractivity contribution < 1.29 is 19.4 Å². The number of phenols is 1. The number of rotatable bonds is 5. The van der Waals surface area contributed by atoms with Gasteiger partial charge in [0.05, 0.1) is 12.8 Å². The van der Waals surface area contributed by atoms with E-state index >= 15 is 0 Å². The van der Waals surface area contributed by atoms with Crippen LogP contribution in [-0.2, 0) is 11.3 Å². The monoisotopic (exact) mass is 355 g/mol. The largest absolute Gasteiger partial charge is 0.507 e. The van der Waals surface area contributed by atoms with E-state index in [1.54, 1.807) is 19.2 Å². The van der Waals surface area contributed by atoms with E-state index in [1.165, 1.54) is 17.4 Å². The van der Waals surface area contributed by atoms with Crippen molar-refractivity contribution >= 4 is 17.3 Å². The minimum atomic E-state index is -0.569. The van der Waals surface area contributed by atoms with Gasteiger partial charge in [-0.2, -0.15) is 0 Å². The van der Waals surface area contributed by atoms with Gasteiger partial charge in [0.25, 0.3) is 0 Å². The van der Waals surface area contributed by atoms with E-state index in [9.17, 15) is 9.90 Å². The minimum absolute atomic E-state index is 0.0544. The normalized spacial score (nSPS) is 10.5. The predicted octanol–water partition coefficient (Wildman–Crippen LogP) is 4.19. The Morgan fingerprint density at radius 1 is 1.20 bits per heavy atom. The summed E-state index contributed by atoms with van der Waals surface area (Å²) in [6.45, 7) is 1.90. The van der Waals surface area contributed by atoms with Gasteiger partial charge in [-0.1, -0.05) is 11.6 Å². The van der Waals surface area contributed by atoms with Crippen LogP contribution in [0.3, 0.4) is 0 Å². The summed E-state index contributed by atoms with van der Waals surface area (Å²) in [5.74, 6) is 0.125. The van der Waals surface area contributed by atoms with Gasteiger partial charge in [-0.05, 0) is 43.3 Å². The van der Waals surface area contributed by atoms with E-state index in [4.69, 9.17) is 9.47 Å². The molecule has 2 aromatic carbocycles. The molecule has 0 amide bonds. The Kier molecular flexibility index (Phi) is 5.00. The summed E-state index contributed by atoms with van der Waals surface area (Å²) < 4.78 is 10.4. The number of carbonyl (C=O) groups is 1. The lowest BCUT2D eigenvalue weighted by atomic mass is 10.1. The van der Waals surface area contributed by atoms with Crippen LogP contribution >= 0.6 is 11.3 Å². The number of methoxy groups -OCH3 is 1. The molecule has 6 heteroatoms. The Hall–Kier alpha value is -2.86. The van der Waals surface area contributed by atoms with Crippen molar-refractivity contribution in [3.05, 3.63) is 64.7 Å². The number of phenolic OH excluding ortho intramolecular Hbond substituents is 1. The maximum absolute atomic E-state index is 12.1. The second kappa shape index (κ2) is 7.36. The van der Waals surface area contributed by atoms with Gasteiger partial charge in [-0.25, -0.2) is 9.78 Å². The summed E-state index contributed by atoms with van der Waals surface area (Å²) in [4.78, 5) is 16.6. The van der Waals surface area contributed by atoms with E-state index in [-0.39, 0.29) is 17.9 Å². The number of thiazole rings is 1. The quantitative estimate of drug-likeness (QED) is 0.695. The third-order valence-corrected chi connectivity index (χ3v) is 4.55. The van der Waals surface area contributed by atoms with Crippen molar-refractivity contribution in [3.8, 4) is 22.1 Å². The second-order valence-corrected chi connectivity index (χ2v) is 6.33. The number of ether oxygens (including phenoxy) is 2. The number of benzene rings is 2. The van der Waals surface area contributed by atoms with Crippen LogP contribution in [0, 0.1) is 6.92 Å². The molecule has 3 rings (SSSR count). The second-order valence-electron chi connectivity index (χ2n) is 5.47. The molecular formula is C19H17NO4S. The molecule has 1 aromatic heterocycles. The van der Waals surface area contributed by atoms with Crippen molar-refractivity contribution in [1.29, 1.82) is 0 Å². The summed E-state index contributed by atoms with van der Waals surface area (Å²) >= 11 is 1.48. The molecule has 0 aliphatic carbocycles. The Balaban J connectivity index is 1.67. The first kappa shape index (κ1) is 17.0. The van der Waals surface area contributed by atoms with E-state index in [2.05, 4.69) is 4.98 Å². The molecule has 128 valence electrons. The molecule has 0 aliphatic heterocycles. The average Bonchev–Trinajstić information content (AvgIpc) is 3.11. The lowest BCUT2D eigenvalue weighted by Crippen LogP contribution is -2.06. The third-order valence-electron chi connectivity index (χ3n) is 3.61. The minimum Gasteiger partial charge on any atom is -0.507 e. The van der Waals surface area contributed by atoms with Crippen LogP contribution in [0.15, 0.2) is 47.8 Å². The zero-order chi connectivity index (χ0) is 17.8. The van der Waals surface area contributed by atoms with Gasteiger partial charge >= 0.3 is 5.97 Å². The molecule has 5 nitrogen and oxygen atoms in total.